The van der Waals surface area contributed by atoms with Gasteiger partial charge in [0.2, 0.25) is 5.78 Å². The molecule has 5 rings (SSSR count). The summed E-state index contributed by atoms with van der Waals surface area (Å²) in [5.74, 6) is -1.84. The Kier molecular flexibility index (Phi) is 4.22. The standard InChI is InChI=1S/C22H15N3O4S/c1-12-11-30-22(24-12)25-18(14-7-4-5-9-23-14)17(20(27)21(25)28)19(26)16-10-13-6-2-3-8-15(13)29-16/h2-11,18,27H,1H3. The quantitative estimate of drug-likeness (QED) is 0.495. The third kappa shape index (κ3) is 2.81. The predicted octanol–water partition coefficient (Wildman–Crippen LogP) is 4.38. The van der Waals surface area contributed by atoms with Crippen LogP contribution in [0.25, 0.3) is 11.0 Å². The van der Waals surface area contributed by atoms with E-state index in [9.17, 15) is 14.7 Å². The maximum Gasteiger partial charge on any atom is 0.296 e. The van der Waals surface area contributed by atoms with Gasteiger partial charge in [0.05, 0.1) is 17.0 Å². The minimum absolute atomic E-state index is 0.0450. The summed E-state index contributed by atoms with van der Waals surface area (Å²) in [6.45, 7) is 1.81. The summed E-state index contributed by atoms with van der Waals surface area (Å²) in [6, 6.07) is 13.1. The van der Waals surface area contributed by atoms with Crippen molar-refractivity contribution in [1.29, 1.82) is 0 Å². The van der Waals surface area contributed by atoms with Crippen molar-refractivity contribution in [3.05, 3.63) is 88.6 Å². The first kappa shape index (κ1) is 18.3. The molecule has 1 amide bonds. The fourth-order valence-corrected chi connectivity index (χ4v) is 4.36. The van der Waals surface area contributed by atoms with Crippen LogP contribution < -0.4 is 4.90 Å². The number of furan rings is 1. The maximum absolute atomic E-state index is 13.4. The predicted molar refractivity (Wildman–Crippen MR) is 112 cm³/mol. The third-order valence-corrected chi connectivity index (χ3v) is 5.84. The molecule has 1 atom stereocenters. The number of Topliss-reactive ketones (excluding diaryl/α,β-unsaturated/α-hetero) is 1. The number of aliphatic hydroxyl groups is 1. The fraction of sp³-hybridized carbons (Fsp3) is 0.0909. The summed E-state index contributed by atoms with van der Waals surface area (Å²) in [7, 11) is 0. The molecule has 3 aromatic heterocycles. The van der Waals surface area contributed by atoms with Gasteiger partial charge in [0.15, 0.2) is 16.7 Å². The van der Waals surface area contributed by atoms with Crippen molar-refractivity contribution < 1.29 is 19.1 Å². The van der Waals surface area contributed by atoms with E-state index in [4.69, 9.17) is 4.42 Å². The van der Waals surface area contributed by atoms with Crippen LogP contribution in [0, 0.1) is 6.92 Å². The van der Waals surface area contributed by atoms with Gasteiger partial charge < -0.3 is 9.52 Å². The lowest BCUT2D eigenvalue weighted by Gasteiger charge is -2.23. The highest BCUT2D eigenvalue weighted by molar-refractivity contribution is 7.14. The van der Waals surface area contributed by atoms with Gasteiger partial charge in [-0.15, -0.1) is 11.3 Å². The summed E-state index contributed by atoms with van der Waals surface area (Å²) >= 11 is 1.26. The van der Waals surface area contributed by atoms with E-state index in [1.165, 1.54) is 16.2 Å². The van der Waals surface area contributed by atoms with E-state index in [0.29, 0.717) is 16.4 Å². The number of anilines is 1. The lowest BCUT2D eigenvalue weighted by atomic mass is 9.98. The first-order chi connectivity index (χ1) is 14.5. The zero-order valence-corrected chi connectivity index (χ0v) is 16.6. The Hall–Kier alpha value is -3.78. The van der Waals surface area contributed by atoms with Crippen LogP contribution in [0.3, 0.4) is 0 Å². The lowest BCUT2D eigenvalue weighted by molar-refractivity contribution is -0.117. The molecular weight excluding hydrogens is 402 g/mol. The SMILES string of the molecule is Cc1csc(N2C(=O)C(O)=C(C(=O)c3cc4ccccc4o3)C2c2ccccn2)n1. The largest absolute Gasteiger partial charge is 0.503 e. The maximum atomic E-state index is 13.4. The Labute approximate surface area is 174 Å². The van der Waals surface area contributed by atoms with Gasteiger partial charge in [-0.05, 0) is 31.2 Å². The van der Waals surface area contributed by atoms with E-state index < -0.39 is 23.5 Å². The number of ketones is 1. The molecule has 0 fully saturated rings. The summed E-state index contributed by atoms with van der Waals surface area (Å²) in [4.78, 5) is 36.4. The number of nitrogens with zero attached hydrogens (tertiary/aromatic N) is 3. The number of carbonyl (C=O) groups is 2. The molecule has 8 heteroatoms. The van der Waals surface area contributed by atoms with Crippen molar-refractivity contribution in [2.75, 3.05) is 4.90 Å². The number of aryl methyl sites for hydroxylation is 1. The third-order valence-electron chi connectivity index (χ3n) is 4.88. The molecule has 7 nitrogen and oxygen atoms in total. The molecule has 0 saturated heterocycles. The molecule has 1 aromatic carbocycles. The van der Waals surface area contributed by atoms with Crippen LogP contribution in [-0.4, -0.2) is 26.8 Å². The van der Waals surface area contributed by atoms with Crippen molar-refractivity contribution >= 4 is 39.1 Å². The van der Waals surface area contributed by atoms with Gasteiger partial charge in [-0.3, -0.25) is 19.5 Å². The van der Waals surface area contributed by atoms with E-state index in [2.05, 4.69) is 9.97 Å². The van der Waals surface area contributed by atoms with E-state index in [0.717, 1.165) is 11.1 Å². The number of aliphatic hydroxyl groups excluding tert-OH is 1. The molecule has 1 unspecified atom stereocenters. The van der Waals surface area contributed by atoms with Gasteiger partial charge >= 0.3 is 0 Å². The number of para-hydroxylation sites is 1. The summed E-state index contributed by atoms with van der Waals surface area (Å²) in [6.07, 6.45) is 1.57. The molecule has 4 aromatic rings. The monoisotopic (exact) mass is 417 g/mol. The van der Waals surface area contributed by atoms with Crippen LogP contribution >= 0.6 is 11.3 Å². The Morgan fingerprint density at radius 1 is 1.20 bits per heavy atom. The van der Waals surface area contributed by atoms with Crippen LogP contribution in [0.15, 0.2) is 75.9 Å². The summed E-state index contributed by atoms with van der Waals surface area (Å²) < 4.78 is 5.70. The van der Waals surface area contributed by atoms with E-state index >= 15 is 0 Å². The van der Waals surface area contributed by atoms with Crippen molar-refractivity contribution in [2.24, 2.45) is 0 Å². The zero-order valence-electron chi connectivity index (χ0n) is 15.8. The van der Waals surface area contributed by atoms with Gasteiger partial charge in [-0.1, -0.05) is 24.3 Å². The number of hydrogen-bond donors (Lipinski definition) is 1. The highest BCUT2D eigenvalue weighted by Crippen LogP contribution is 2.42. The number of amides is 1. The van der Waals surface area contributed by atoms with E-state index in [-0.39, 0.29) is 11.3 Å². The number of carbonyl (C=O) groups excluding carboxylic acids is 2. The van der Waals surface area contributed by atoms with E-state index in [1.807, 2.05) is 19.1 Å². The number of rotatable bonds is 4. The van der Waals surface area contributed by atoms with Gasteiger partial charge in [0.1, 0.15) is 11.6 Å². The molecular formula is C22H15N3O4S. The number of fused-ring (bicyclic) bond motifs is 1. The number of hydrogen-bond acceptors (Lipinski definition) is 7. The molecule has 0 spiro atoms. The van der Waals surface area contributed by atoms with Crippen LogP contribution in [0.1, 0.15) is 28.0 Å². The first-order valence-corrected chi connectivity index (χ1v) is 10.1. The molecule has 0 aliphatic carbocycles. The van der Waals surface area contributed by atoms with Gasteiger partial charge in [-0.25, -0.2) is 4.98 Å². The minimum Gasteiger partial charge on any atom is -0.503 e. The minimum atomic E-state index is -0.912. The topological polar surface area (TPSA) is 96.5 Å². The molecule has 1 N–H and O–H groups in total. The average Bonchev–Trinajstić information content (AvgIpc) is 3.45. The van der Waals surface area contributed by atoms with Crippen LogP contribution in [0.5, 0.6) is 0 Å². The second-order valence-electron chi connectivity index (χ2n) is 6.84. The van der Waals surface area contributed by atoms with Gasteiger partial charge in [0, 0.05) is 17.0 Å². The van der Waals surface area contributed by atoms with Crippen molar-refractivity contribution in [1.82, 2.24) is 9.97 Å². The van der Waals surface area contributed by atoms with E-state index in [1.54, 1.807) is 48.0 Å². The summed E-state index contributed by atoms with van der Waals surface area (Å²) in [5.41, 5.74) is 1.65. The molecule has 4 heterocycles. The molecule has 0 bridgehead atoms. The molecule has 30 heavy (non-hydrogen) atoms. The normalized spacial score (nSPS) is 16.6. The molecule has 0 saturated carbocycles. The highest BCUT2D eigenvalue weighted by Gasteiger charge is 2.47. The number of pyridine rings is 1. The average molecular weight is 417 g/mol. The number of benzene rings is 1. The summed E-state index contributed by atoms with van der Waals surface area (Å²) in [5, 5.41) is 13.6. The van der Waals surface area contributed by atoms with Crippen LogP contribution in [0.2, 0.25) is 0 Å². The van der Waals surface area contributed by atoms with Gasteiger partial charge in [-0.2, -0.15) is 0 Å². The Morgan fingerprint density at radius 2 is 2.00 bits per heavy atom. The second-order valence-corrected chi connectivity index (χ2v) is 7.68. The Morgan fingerprint density at radius 3 is 2.70 bits per heavy atom. The first-order valence-electron chi connectivity index (χ1n) is 9.17. The number of thiazole rings is 1. The fourth-order valence-electron chi connectivity index (χ4n) is 3.53. The molecule has 148 valence electrons. The second kappa shape index (κ2) is 6.93. The smallest absolute Gasteiger partial charge is 0.296 e. The molecule has 0 radical (unpaired) electrons. The lowest BCUT2D eigenvalue weighted by Crippen LogP contribution is -2.31. The Bertz CT molecular complexity index is 1290. The van der Waals surface area contributed by atoms with Crippen molar-refractivity contribution in [3.63, 3.8) is 0 Å². The molecule has 1 aliphatic heterocycles. The highest BCUT2D eigenvalue weighted by atomic mass is 32.1. The van der Waals surface area contributed by atoms with Crippen LogP contribution in [-0.2, 0) is 4.79 Å². The van der Waals surface area contributed by atoms with Crippen LogP contribution in [0.4, 0.5) is 5.13 Å². The Balaban J connectivity index is 1.66. The number of aromatic nitrogens is 2. The van der Waals surface area contributed by atoms with Gasteiger partial charge in [0.25, 0.3) is 5.91 Å². The molecule has 1 aliphatic rings. The van der Waals surface area contributed by atoms with Crippen molar-refractivity contribution in [2.45, 2.75) is 13.0 Å². The zero-order chi connectivity index (χ0) is 20.8. The van der Waals surface area contributed by atoms with Crippen molar-refractivity contribution in [3.8, 4) is 0 Å².